The molecule has 3 heteroatoms. The average molecular weight is 311 g/mol. The molecule has 23 heavy (non-hydrogen) atoms. The van der Waals surface area contributed by atoms with E-state index in [-0.39, 0.29) is 5.82 Å². The van der Waals surface area contributed by atoms with Crippen LogP contribution in [-0.2, 0) is 6.42 Å². The van der Waals surface area contributed by atoms with Gasteiger partial charge >= 0.3 is 0 Å². The molecule has 0 saturated heterocycles. The Bertz CT molecular complexity index is 756. The van der Waals surface area contributed by atoms with Crippen LogP contribution in [0, 0.1) is 12.7 Å². The molecule has 1 unspecified atom stereocenters. The van der Waals surface area contributed by atoms with Gasteiger partial charge in [0, 0.05) is 30.3 Å². The number of hydrogen-bond donors (Lipinski definition) is 0. The van der Waals surface area contributed by atoms with Crippen LogP contribution in [0.4, 0.5) is 10.1 Å². The van der Waals surface area contributed by atoms with Crippen molar-refractivity contribution in [2.24, 2.45) is 0 Å². The third-order valence-electron chi connectivity index (χ3n) is 5.31. The van der Waals surface area contributed by atoms with E-state index in [9.17, 15) is 4.39 Å². The van der Waals surface area contributed by atoms with Crippen LogP contribution in [0.15, 0.2) is 30.3 Å². The maximum absolute atomic E-state index is 14.2. The van der Waals surface area contributed by atoms with E-state index in [1.54, 1.807) is 13.2 Å². The number of ether oxygens (including phenoxy) is 1. The zero-order valence-electron chi connectivity index (χ0n) is 13.7. The first-order chi connectivity index (χ1) is 11.2. The van der Waals surface area contributed by atoms with Crippen molar-refractivity contribution in [1.29, 1.82) is 0 Å². The van der Waals surface area contributed by atoms with Crippen molar-refractivity contribution >= 4 is 5.69 Å². The van der Waals surface area contributed by atoms with Crippen LogP contribution in [0.2, 0.25) is 0 Å². The van der Waals surface area contributed by atoms with Crippen LogP contribution in [-0.4, -0.2) is 20.2 Å². The van der Waals surface area contributed by atoms with Crippen LogP contribution in [0.25, 0.3) is 0 Å². The molecule has 2 aliphatic rings. The molecule has 0 fully saturated rings. The lowest BCUT2D eigenvalue weighted by Crippen LogP contribution is -2.36. The molecular weight excluding hydrogens is 289 g/mol. The average Bonchev–Trinajstić information content (AvgIpc) is 2.58. The Morgan fingerprint density at radius 1 is 1.17 bits per heavy atom. The summed E-state index contributed by atoms with van der Waals surface area (Å²) in [6.07, 6.45) is 3.00. The van der Waals surface area contributed by atoms with E-state index in [0.29, 0.717) is 5.92 Å². The molecule has 0 bridgehead atoms. The van der Waals surface area contributed by atoms with Crippen molar-refractivity contribution in [1.82, 2.24) is 0 Å². The van der Waals surface area contributed by atoms with Crippen LogP contribution >= 0.6 is 0 Å². The number of anilines is 1. The Hall–Kier alpha value is -2.03. The third kappa shape index (κ3) is 2.30. The van der Waals surface area contributed by atoms with Gasteiger partial charge in [-0.1, -0.05) is 18.2 Å². The van der Waals surface area contributed by atoms with Gasteiger partial charge in [-0.25, -0.2) is 4.39 Å². The van der Waals surface area contributed by atoms with Crippen molar-refractivity contribution in [2.45, 2.75) is 32.1 Å². The van der Waals surface area contributed by atoms with Gasteiger partial charge in [0.25, 0.3) is 0 Å². The summed E-state index contributed by atoms with van der Waals surface area (Å²) in [5.41, 5.74) is 5.84. The molecule has 2 aromatic rings. The maximum atomic E-state index is 14.2. The van der Waals surface area contributed by atoms with Crippen molar-refractivity contribution in [3.8, 4) is 5.75 Å². The van der Waals surface area contributed by atoms with Crippen molar-refractivity contribution in [3.05, 3.63) is 58.4 Å². The zero-order chi connectivity index (χ0) is 16.0. The molecular formula is C20H22FNO. The fourth-order valence-corrected chi connectivity index (χ4v) is 4.21. The monoisotopic (exact) mass is 311 g/mol. The molecule has 2 aromatic carbocycles. The third-order valence-corrected chi connectivity index (χ3v) is 5.31. The number of methoxy groups -OCH3 is 1. The lowest BCUT2D eigenvalue weighted by Gasteiger charge is -2.40. The van der Waals surface area contributed by atoms with E-state index in [4.69, 9.17) is 4.74 Å². The Morgan fingerprint density at radius 2 is 2.04 bits per heavy atom. The fraction of sp³-hybridized carbons (Fsp3) is 0.400. The Labute approximate surface area is 136 Å². The van der Waals surface area contributed by atoms with Gasteiger partial charge in [-0.3, -0.25) is 0 Å². The molecule has 2 aliphatic heterocycles. The minimum atomic E-state index is -0.0417. The molecule has 0 aliphatic carbocycles. The summed E-state index contributed by atoms with van der Waals surface area (Å²) in [4.78, 5) is 2.38. The van der Waals surface area contributed by atoms with Gasteiger partial charge in [-0.05, 0) is 55.0 Å². The first-order valence-corrected chi connectivity index (χ1v) is 8.40. The highest BCUT2D eigenvalue weighted by atomic mass is 19.1. The lowest BCUT2D eigenvalue weighted by atomic mass is 9.80. The topological polar surface area (TPSA) is 12.5 Å². The predicted octanol–water partition coefficient (Wildman–Crippen LogP) is 4.43. The standard InChI is InChI=1S/C20H22FNO/c1-13-12-14(5-8-19(13)23-2)15-9-11-22-10-3-4-17-18(21)7-6-16(15)20(17)22/h5-8,12,15H,3-4,9-11H2,1-2H3. The SMILES string of the molecule is COc1ccc(C2CCN3CCCc4c(F)ccc2c43)cc1C. The second-order valence-corrected chi connectivity index (χ2v) is 6.62. The highest BCUT2D eigenvalue weighted by Gasteiger charge is 2.31. The largest absolute Gasteiger partial charge is 0.496 e. The first kappa shape index (κ1) is 14.6. The number of aryl methyl sites for hydroxylation is 1. The minimum absolute atomic E-state index is 0.0417. The zero-order valence-corrected chi connectivity index (χ0v) is 13.7. The van der Waals surface area contributed by atoms with E-state index < -0.39 is 0 Å². The van der Waals surface area contributed by atoms with E-state index in [0.717, 1.165) is 49.2 Å². The summed E-state index contributed by atoms with van der Waals surface area (Å²) in [5, 5.41) is 0. The second kappa shape index (κ2) is 5.55. The number of halogens is 1. The van der Waals surface area contributed by atoms with Crippen LogP contribution < -0.4 is 9.64 Å². The molecule has 0 amide bonds. The normalized spacial score (nSPS) is 19.4. The molecule has 0 spiro atoms. The molecule has 0 N–H and O–H groups in total. The highest BCUT2D eigenvalue weighted by Crippen LogP contribution is 2.44. The quantitative estimate of drug-likeness (QED) is 0.813. The molecule has 0 aromatic heterocycles. The van der Waals surface area contributed by atoms with Crippen molar-refractivity contribution in [3.63, 3.8) is 0 Å². The summed E-state index contributed by atoms with van der Waals surface area (Å²) in [7, 11) is 1.71. The number of nitrogens with zero attached hydrogens (tertiary/aromatic N) is 1. The van der Waals surface area contributed by atoms with Crippen LogP contribution in [0.5, 0.6) is 5.75 Å². The summed E-state index contributed by atoms with van der Waals surface area (Å²) in [6.45, 7) is 4.15. The van der Waals surface area contributed by atoms with Gasteiger partial charge in [0.15, 0.2) is 0 Å². The molecule has 0 radical (unpaired) electrons. The summed E-state index contributed by atoms with van der Waals surface area (Å²) >= 11 is 0. The van der Waals surface area contributed by atoms with Crippen LogP contribution in [0.3, 0.4) is 0 Å². The minimum Gasteiger partial charge on any atom is -0.496 e. The first-order valence-electron chi connectivity index (χ1n) is 8.40. The number of benzene rings is 2. The summed E-state index contributed by atoms with van der Waals surface area (Å²) in [6, 6.07) is 10.1. The lowest BCUT2D eigenvalue weighted by molar-refractivity contribution is 0.411. The van der Waals surface area contributed by atoms with Gasteiger partial charge in [0.1, 0.15) is 11.6 Å². The molecule has 1 atom stereocenters. The number of hydrogen-bond acceptors (Lipinski definition) is 2. The van der Waals surface area contributed by atoms with Gasteiger partial charge in [0.05, 0.1) is 7.11 Å². The molecule has 2 nitrogen and oxygen atoms in total. The van der Waals surface area contributed by atoms with E-state index in [1.165, 1.54) is 16.8 Å². The van der Waals surface area contributed by atoms with Crippen molar-refractivity contribution in [2.75, 3.05) is 25.1 Å². The summed E-state index contributed by atoms with van der Waals surface area (Å²) < 4.78 is 19.6. The molecule has 2 heterocycles. The number of rotatable bonds is 2. The van der Waals surface area contributed by atoms with Gasteiger partial charge in [0.2, 0.25) is 0 Å². The highest BCUT2D eigenvalue weighted by molar-refractivity contribution is 5.66. The van der Waals surface area contributed by atoms with E-state index in [2.05, 4.69) is 24.0 Å². The van der Waals surface area contributed by atoms with Gasteiger partial charge < -0.3 is 9.64 Å². The maximum Gasteiger partial charge on any atom is 0.128 e. The van der Waals surface area contributed by atoms with E-state index in [1.807, 2.05) is 12.1 Å². The fourth-order valence-electron chi connectivity index (χ4n) is 4.21. The molecule has 4 rings (SSSR count). The Kier molecular flexibility index (Phi) is 3.51. The Balaban J connectivity index is 1.82. The van der Waals surface area contributed by atoms with E-state index >= 15 is 0 Å². The second-order valence-electron chi connectivity index (χ2n) is 6.62. The Morgan fingerprint density at radius 3 is 2.83 bits per heavy atom. The smallest absolute Gasteiger partial charge is 0.128 e. The molecule has 120 valence electrons. The van der Waals surface area contributed by atoms with Gasteiger partial charge in [-0.2, -0.15) is 0 Å². The van der Waals surface area contributed by atoms with Gasteiger partial charge in [-0.15, -0.1) is 0 Å². The van der Waals surface area contributed by atoms with Crippen molar-refractivity contribution < 1.29 is 9.13 Å². The molecule has 0 saturated carbocycles. The van der Waals surface area contributed by atoms with Crippen LogP contribution in [0.1, 0.15) is 41.0 Å². The predicted molar refractivity (Wildman–Crippen MR) is 91.1 cm³/mol. The summed E-state index contributed by atoms with van der Waals surface area (Å²) in [5.74, 6) is 1.23.